The van der Waals surface area contributed by atoms with Gasteiger partial charge in [-0.15, -0.1) is 9.92 Å². The van der Waals surface area contributed by atoms with Crippen LogP contribution < -0.4 is 5.01 Å². The van der Waals surface area contributed by atoms with E-state index in [1.54, 1.807) is 0 Å². The van der Waals surface area contributed by atoms with Crippen molar-refractivity contribution in [1.82, 2.24) is 10.3 Å². The second-order valence-electron chi connectivity index (χ2n) is 1.30. The van der Waals surface area contributed by atoms with Gasteiger partial charge in [-0.05, 0) is 10.3 Å². The summed E-state index contributed by atoms with van der Waals surface area (Å²) in [4.78, 5) is 9.64. The Morgan fingerprint density at radius 2 is 2.12 bits per heavy atom. The highest BCUT2D eigenvalue weighted by atomic mass is 16.6. The van der Waals surface area contributed by atoms with Crippen molar-refractivity contribution in [2.75, 3.05) is 5.01 Å². The second kappa shape index (κ2) is 0.857. The maximum Gasteiger partial charge on any atom is 0.249 e. The average molecular weight is 112 g/mol. The summed E-state index contributed by atoms with van der Waals surface area (Å²) in [5, 5.41) is 10.2. The molecule has 1 aliphatic heterocycles. The lowest BCUT2D eigenvalue weighted by Gasteiger charge is -1.77. The van der Waals surface area contributed by atoms with E-state index in [2.05, 4.69) is 20.2 Å². The first-order chi connectivity index (χ1) is 3.93. The molecular weight excluding hydrogens is 112 g/mol. The first-order valence-corrected chi connectivity index (χ1v) is 1.89. The average Bonchev–Trinajstić information content (AvgIpc) is 2.22. The van der Waals surface area contributed by atoms with E-state index >= 15 is 0 Å². The van der Waals surface area contributed by atoms with Gasteiger partial charge in [0.25, 0.3) is 0 Å². The van der Waals surface area contributed by atoms with Gasteiger partial charge in [0.1, 0.15) is 0 Å². The van der Waals surface area contributed by atoms with Crippen LogP contribution in [0.2, 0.25) is 0 Å². The van der Waals surface area contributed by atoms with Crippen molar-refractivity contribution >= 4 is 11.6 Å². The van der Waals surface area contributed by atoms with Gasteiger partial charge in [-0.1, -0.05) is 0 Å². The lowest BCUT2D eigenvalue weighted by Crippen LogP contribution is -1.85. The van der Waals surface area contributed by atoms with Crippen LogP contribution >= 0.6 is 0 Å². The van der Waals surface area contributed by atoms with Gasteiger partial charge in [-0.2, -0.15) is 0 Å². The van der Waals surface area contributed by atoms with Crippen LogP contribution in [0.1, 0.15) is 0 Å². The summed E-state index contributed by atoms with van der Waals surface area (Å²) >= 11 is 0. The molecule has 0 unspecified atom stereocenters. The molecule has 0 amide bonds. The summed E-state index contributed by atoms with van der Waals surface area (Å²) in [6, 6.07) is 0. The maximum atomic E-state index is 9.64. The van der Waals surface area contributed by atoms with E-state index in [1.165, 1.54) is 0 Å². The zero-order chi connectivity index (χ0) is 5.56. The van der Waals surface area contributed by atoms with Crippen LogP contribution in [0.3, 0.4) is 0 Å². The zero-order valence-electron chi connectivity index (χ0n) is 3.61. The van der Waals surface area contributed by atoms with Gasteiger partial charge in [0.2, 0.25) is 11.6 Å². The molecule has 6 nitrogen and oxygen atoms in total. The van der Waals surface area contributed by atoms with E-state index in [4.69, 9.17) is 0 Å². The van der Waals surface area contributed by atoms with E-state index in [0.29, 0.717) is 11.6 Å². The molecule has 1 aromatic heterocycles. The van der Waals surface area contributed by atoms with Gasteiger partial charge in [0.15, 0.2) is 0 Å². The van der Waals surface area contributed by atoms with Gasteiger partial charge in [0, 0.05) is 0 Å². The molecule has 0 aromatic carbocycles. The summed E-state index contributed by atoms with van der Waals surface area (Å²) < 4.78 is 4.17. The SMILES string of the molecule is O=NN1c2nonc21. The van der Waals surface area contributed by atoms with Crippen LogP contribution in [0, 0.1) is 4.91 Å². The summed E-state index contributed by atoms with van der Waals surface area (Å²) in [5.74, 6) is 0.833. The summed E-state index contributed by atoms with van der Waals surface area (Å²) in [6.45, 7) is 0. The third kappa shape index (κ3) is 0.208. The van der Waals surface area contributed by atoms with E-state index in [0.717, 1.165) is 5.01 Å². The Kier molecular flexibility index (Phi) is 0.378. The zero-order valence-corrected chi connectivity index (χ0v) is 3.61. The molecule has 0 N–H and O–H groups in total. The van der Waals surface area contributed by atoms with Crippen LogP contribution in [0.5, 0.6) is 0 Å². The van der Waals surface area contributed by atoms with E-state index < -0.39 is 0 Å². The lowest BCUT2D eigenvalue weighted by atomic mass is 11.0. The fraction of sp³-hybridized carbons (Fsp3) is 0. The topological polar surface area (TPSA) is 71.4 Å². The van der Waals surface area contributed by atoms with E-state index in [1.807, 2.05) is 0 Å². The quantitative estimate of drug-likeness (QED) is 0.383. The first kappa shape index (κ1) is 3.53. The third-order valence-electron chi connectivity index (χ3n) is 0.887. The standard InChI is InChI=1S/C2N4O2/c7-5-6-1-2(6)4-8-3-1. The Balaban J connectivity index is 2.42. The van der Waals surface area contributed by atoms with Crippen LogP contribution in [-0.4, -0.2) is 10.3 Å². The third-order valence-corrected chi connectivity index (χ3v) is 0.887. The van der Waals surface area contributed by atoms with Crippen LogP contribution in [0.4, 0.5) is 11.6 Å². The highest BCUT2D eigenvalue weighted by Gasteiger charge is 2.39. The summed E-state index contributed by atoms with van der Waals surface area (Å²) in [7, 11) is 0. The Labute approximate surface area is 43.0 Å². The largest absolute Gasteiger partial charge is 0.249 e. The minimum absolute atomic E-state index is 0.417. The highest BCUT2D eigenvalue weighted by molar-refractivity contribution is 5.83. The van der Waals surface area contributed by atoms with Crippen molar-refractivity contribution in [2.45, 2.75) is 0 Å². The molecule has 8 heavy (non-hydrogen) atoms. The molecule has 6 heteroatoms. The number of nitroso groups, excluding NO2 is 1. The van der Waals surface area contributed by atoms with Crippen molar-refractivity contribution in [2.24, 2.45) is 5.29 Å². The van der Waals surface area contributed by atoms with Crippen LogP contribution in [-0.2, 0) is 0 Å². The number of hydrogen-bond donors (Lipinski definition) is 0. The minimum Gasteiger partial charge on any atom is -0.240 e. The molecule has 0 fully saturated rings. The Morgan fingerprint density at radius 3 is 2.50 bits per heavy atom. The molecule has 40 valence electrons. The number of rotatable bonds is 1. The van der Waals surface area contributed by atoms with Gasteiger partial charge >= 0.3 is 0 Å². The predicted molar refractivity (Wildman–Crippen MR) is 22.2 cm³/mol. The molecule has 0 spiro atoms. The second-order valence-corrected chi connectivity index (χ2v) is 1.30. The van der Waals surface area contributed by atoms with E-state index in [-0.39, 0.29) is 0 Å². The fourth-order valence-electron chi connectivity index (χ4n) is 0.474. The Hall–Kier alpha value is -1.46. The molecule has 2 heterocycles. The molecule has 0 radical (unpaired) electrons. The number of aromatic nitrogens is 2. The molecule has 0 aliphatic carbocycles. The predicted octanol–water partition coefficient (Wildman–Crippen LogP) is 0.202. The fourth-order valence-corrected chi connectivity index (χ4v) is 0.474. The number of hydrogen-bond acceptors (Lipinski definition) is 5. The van der Waals surface area contributed by atoms with Crippen molar-refractivity contribution < 1.29 is 4.63 Å². The highest BCUT2D eigenvalue weighted by Crippen LogP contribution is 2.43. The smallest absolute Gasteiger partial charge is 0.240 e. The van der Waals surface area contributed by atoms with Crippen molar-refractivity contribution in [3.63, 3.8) is 0 Å². The van der Waals surface area contributed by atoms with Gasteiger partial charge < -0.3 is 0 Å². The molecule has 0 saturated heterocycles. The number of nitrogens with zero attached hydrogens (tertiary/aromatic N) is 4. The molecule has 0 bridgehead atoms. The van der Waals surface area contributed by atoms with Gasteiger partial charge in [-0.3, -0.25) is 0 Å². The van der Waals surface area contributed by atoms with Crippen molar-refractivity contribution in [3.8, 4) is 0 Å². The van der Waals surface area contributed by atoms with Gasteiger partial charge in [0.05, 0.1) is 5.29 Å². The minimum atomic E-state index is 0.417. The van der Waals surface area contributed by atoms with Crippen molar-refractivity contribution in [3.05, 3.63) is 4.91 Å². The maximum absolute atomic E-state index is 9.64. The van der Waals surface area contributed by atoms with Gasteiger partial charge in [-0.25, -0.2) is 4.63 Å². The van der Waals surface area contributed by atoms with Crippen molar-refractivity contribution in [1.29, 1.82) is 0 Å². The number of fused-ring (bicyclic) bond motifs is 1. The first-order valence-electron chi connectivity index (χ1n) is 1.89. The molecule has 1 aromatic rings. The molecule has 2 rings (SSSR count). The number of anilines is 2. The monoisotopic (exact) mass is 112 g/mol. The Morgan fingerprint density at radius 1 is 1.50 bits per heavy atom. The summed E-state index contributed by atoms with van der Waals surface area (Å²) in [6.07, 6.45) is 0. The molecule has 0 atom stereocenters. The summed E-state index contributed by atoms with van der Waals surface area (Å²) in [5.41, 5.74) is 0. The lowest BCUT2D eigenvalue weighted by molar-refractivity contribution is 0.303. The van der Waals surface area contributed by atoms with E-state index in [9.17, 15) is 4.91 Å². The molecular formula is C2N4O2. The van der Waals surface area contributed by atoms with Crippen LogP contribution in [0.25, 0.3) is 0 Å². The van der Waals surface area contributed by atoms with Crippen LogP contribution in [0.15, 0.2) is 9.91 Å². The normalized spacial score (nSPS) is 13.2. The Bertz CT molecular complexity index is 211. The molecule has 1 aliphatic rings. The molecule has 0 saturated carbocycles.